The van der Waals surface area contributed by atoms with E-state index in [-0.39, 0.29) is 18.3 Å². The van der Waals surface area contributed by atoms with E-state index in [1.165, 1.54) is 11.8 Å². The van der Waals surface area contributed by atoms with Crippen LogP contribution >= 0.6 is 0 Å². The van der Waals surface area contributed by atoms with Crippen molar-refractivity contribution in [1.82, 2.24) is 15.0 Å². The molecule has 1 atom stereocenters. The number of aliphatic hydroxyl groups excluding tert-OH is 1. The number of aliphatic hydroxyl groups is 1. The third-order valence-corrected chi connectivity index (χ3v) is 2.22. The van der Waals surface area contributed by atoms with Gasteiger partial charge >= 0.3 is 5.97 Å². The molecule has 1 unspecified atom stereocenters. The van der Waals surface area contributed by atoms with Crippen molar-refractivity contribution >= 4 is 5.97 Å². The molecule has 2 N–H and O–H groups in total. The van der Waals surface area contributed by atoms with Crippen LogP contribution in [0.2, 0.25) is 0 Å². The van der Waals surface area contributed by atoms with Crippen LogP contribution in [-0.4, -0.2) is 51.5 Å². The lowest BCUT2D eigenvalue weighted by Crippen LogP contribution is -2.16. The lowest BCUT2D eigenvalue weighted by Gasteiger charge is -2.11. The molecule has 1 aromatic heterocycles. The quantitative estimate of drug-likeness (QED) is 0.696. The number of ether oxygens (including phenoxy) is 1. The molecule has 16 heavy (non-hydrogen) atoms. The first-order valence-electron chi connectivity index (χ1n) is 4.89. The van der Waals surface area contributed by atoms with Gasteiger partial charge in [-0.15, -0.1) is 5.10 Å². The standard InChI is InChI=1S/C9H15N3O4/c1-6(5-13)12-7(3-4-16-2)8(9(14)15)10-11-12/h6,13H,3-5H2,1-2H3,(H,14,15). The van der Waals surface area contributed by atoms with E-state index in [2.05, 4.69) is 10.3 Å². The molecule has 7 heteroatoms. The van der Waals surface area contributed by atoms with Gasteiger partial charge in [-0.2, -0.15) is 0 Å². The number of rotatable bonds is 6. The Hall–Kier alpha value is -1.47. The van der Waals surface area contributed by atoms with Crippen molar-refractivity contribution in [3.63, 3.8) is 0 Å². The average Bonchev–Trinajstić information content (AvgIpc) is 2.68. The first kappa shape index (κ1) is 12.6. The molecule has 1 heterocycles. The number of hydrogen-bond donors (Lipinski definition) is 2. The Bertz CT molecular complexity index is 364. The number of nitrogens with zero attached hydrogens (tertiary/aromatic N) is 3. The van der Waals surface area contributed by atoms with Gasteiger partial charge < -0.3 is 14.9 Å². The number of carbonyl (C=O) groups is 1. The predicted molar refractivity (Wildman–Crippen MR) is 54.4 cm³/mol. The predicted octanol–water partition coefficient (Wildman–Crippen LogP) is -0.282. The summed E-state index contributed by atoms with van der Waals surface area (Å²) in [6.45, 7) is 1.99. The minimum Gasteiger partial charge on any atom is -0.476 e. The van der Waals surface area contributed by atoms with Gasteiger partial charge in [0.15, 0.2) is 5.69 Å². The van der Waals surface area contributed by atoms with E-state index in [0.717, 1.165) is 0 Å². The van der Waals surface area contributed by atoms with Crippen LogP contribution in [0.15, 0.2) is 0 Å². The maximum absolute atomic E-state index is 10.9. The van der Waals surface area contributed by atoms with E-state index in [4.69, 9.17) is 14.9 Å². The molecule has 0 spiro atoms. The van der Waals surface area contributed by atoms with Crippen molar-refractivity contribution in [2.45, 2.75) is 19.4 Å². The summed E-state index contributed by atoms with van der Waals surface area (Å²) >= 11 is 0. The Morgan fingerprint density at radius 1 is 1.62 bits per heavy atom. The molecule has 1 rings (SSSR count). The fourth-order valence-electron chi connectivity index (χ4n) is 1.34. The molecule has 0 aliphatic heterocycles. The summed E-state index contributed by atoms with van der Waals surface area (Å²) in [6, 6.07) is -0.299. The SMILES string of the molecule is COCCc1c(C(=O)O)nnn1C(C)CO. The zero-order chi connectivity index (χ0) is 12.1. The lowest BCUT2D eigenvalue weighted by atomic mass is 10.2. The van der Waals surface area contributed by atoms with Gasteiger partial charge in [-0.1, -0.05) is 5.21 Å². The zero-order valence-electron chi connectivity index (χ0n) is 9.25. The summed E-state index contributed by atoms with van der Waals surface area (Å²) in [5, 5.41) is 25.2. The number of hydrogen-bond acceptors (Lipinski definition) is 5. The third kappa shape index (κ3) is 2.56. The van der Waals surface area contributed by atoms with Crippen molar-refractivity contribution < 1.29 is 19.7 Å². The van der Waals surface area contributed by atoms with E-state index in [0.29, 0.717) is 18.7 Å². The molecule has 0 aliphatic rings. The fraction of sp³-hybridized carbons (Fsp3) is 0.667. The number of aromatic nitrogens is 3. The second kappa shape index (κ2) is 5.57. The molecule has 0 amide bonds. The fourth-order valence-corrected chi connectivity index (χ4v) is 1.34. The van der Waals surface area contributed by atoms with Crippen LogP contribution in [0, 0.1) is 0 Å². The van der Waals surface area contributed by atoms with Gasteiger partial charge in [-0.05, 0) is 6.92 Å². The van der Waals surface area contributed by atoms with Crippen LogP contribution in [0.1, 0.15) is 29.1 Å². The number of carboxylic acids is 1. The summed E-state index contributed by atoms with van der Waals surface area (Å²) in [4.78, 5) is 10.9. The van der Waals surface area contributed by atoms with Gasteiger partial charge in [0.2, 0.25) is 0 Å². The average molecular weight is 229 g/mol. The molecule has 0 saturated heterocycles. The zero-order valence-corrected chi connectivity index (χ0v) is 9.25. The molecule has 0 saturated carbocycles. The second-order valence-corrected chi connectivity index (χ2v) is 3.41. The van der Waals surface area contributed by atoms with Crippen molar-refractivity contribution in [1.29, 1.82) is 0 Å². The highest BCUT2D eigenvalue weighted by atomic mass is 16.5. The van der Waals surface area contributed by atoms with Crippen molar-refractivity contribution in [3.05, 3.63) is 11.4 Å². The smallest absolute Gasteiger partial charge is 0.358 e. The third-order valence-electron chi connectivity index (χ3n) is 2.22. The largest absolute Gasteiger partial charge is 0.476 e. The molecule has 0 aliphatic carbocycles. The number of aromatic carboxylic acids is 1. The molecule has 0 radical (unpaired) electrons. The van der Waals surface area contributed by atoms with E-state index in [1.807, 2.05) is 0 Å². The Kier molecular flexibility index (Phi) is 4.39. The Balaban J connectivity index is 3.03. The van der Waals surface area contributed by atoms with E-state index in [9.17, 15) is 4.79 Å². The highest BCUT2D eigenvalue weighted by molar-refractivity contribution is 5.86. The van der Waals surface area contributed by atoms with Crippen molar-refractivity contribution in [3.8, 4) is 0 Å². The summed E-state index contributed by atoms with van der Waals surface area (Å²) in [7, 11) is 1.53. The minimum atomic E-state index is -1.12. The van der Waals surface area contributed by atoms with Crippen LogP contribution < -0.4 is 0 Å². The van der Waals surface area contributed by atoms with E-state index in [1.54, 1.807) is 6.92 Å². The molecule has 7 nitrogen and oxygen atoms in total. The highest BCUT2D eigenvalue weighted by Gasteiger charge is 2.20. The van der Waals surface area contributed by atoms with Gasteiger partial charge in [0, 0.05) is 13.5 Å². The molecule has 90 valence electrons. The number of carboxylic acid groups (broad SMARTS) is 1. The molecule has 0 bridgehead atoms. The van der Waals surface area contributed by atoms with Crippen LogP contribution in [0.3, 0.4) is 0 Å². The highest BCUT2D eigenvalue weighted by Crippen LogP contribution is 2.12. The van der Waals surface area contributed by atoms with Gasteiger partial charge in [0.1, 0.15) is 0 Å². The summed E-state index contributed by atoms with van der Waals surface area (Å²) in [5.41, 5.74) is 0.383. The Morgan fingerprint density at radius 3 is 2.81 bits per heavy atom. The van der Waals surface area contributed by atoms with E-state index >= 15 is 0 Å². The monoisotopic (exact) mass is 229 g/mol. The molecular weight excluding hydrogens is 214 g/mol. The topological polar surface area (TPSA) is 97.5 Å². The maximum Gasteiger partial charge on any atom is 0.358 e. The number of methoxy groups -OCH3 is 1. The van der Waals surface area contributed by atoms with E-state index < -0.39 is 5.97 Å². The first-order valence-corrected chi connectivity index (χ1v) is 4.89. The van der Waals surface area contributed by atoms with Gasteiger partial charge in [0.05, 0.1) is 24.9 Å². The minimum absolute atomic E-state index is 0.0858. The Labute approximate surface area is 92.6 Å². The summed E-state index contributed by atoms with van der Waals surface area (Å²) in [5.74, 6) is -1.12. The molecular formula is C9H15N3O4. The van der Waals surface area contributed by atoms with Crippen LogP contribution in [0.5, 0.6) is 0 Å². The van der Waals surface area contributed by atoms with Crippen molar-refractivity contribution in [2.75, 3.05) is 20.3 Å². The first-order chi connectivity index (χ1) is 7.61. The van der Waals surface area contributed by atoms with Gasteiger partial charge in [-0.25, -0.2) is 9.48 Å². The lowest BCUT2D eigenvalue weighted by molar-refractivity contribution is 0.0688. The normalized spacial score (nSPS) is 12.7. The molecule has 0 aromatic carbocycles. The van der Waals surface area contributed by atoms with Crippen LogP contribution in [-0.2, 0) is 11.2 Å². The Morgan fingerprint density at radius 2 is 2.31 bits per heavy atom. The maximum atomic E-state index is 10.9. The second-order valence-electron chi connectivity index (χ2n) is 3.41. The van der Waals surface area contributed by atoms with Crippen LogP contribution in [0.25, 0.3) is 0 Å². The van der Waals surface area contributed by atoms with Gasteiger partial charge in [0.25, 0.3) is 0 Å². The molecule has 0 fully saturated rings. The molecule has 1 aromatic rings. The van der Waals surface area contributed by atoms with Gasteiger partial charge in [-0.3, -0.25) is 0 Å². The van der Waals surface area contributed by atoms with Crippen molar-refractivity contribution in [2.24, 2.45) is 0 Å². The summed E-state index contributed by atoms with van der Waals surface area (Å²) in [6.07, 6.45) is 0.398. The van der Waals surface area contributed by atoms with Crippen LogP contribution in [0.4, 0.5) is 0 Å². The summed E-state index contributed by atoms with van der Waals surface area (Å²) < 4.78 is 6.31.